The van der Waals surface area contributed by atoms with Gasteiger partial charge < -0.3 is 22.5 Å². The fourth-order valence-electron chi connectivity index (χ4n) is 1.75. The van der Waals surface area contributed by atoms with Crippen molar-refractivity contribution in [2.24, 2.45) is 23.1 Å². The Hall–Kier alpha value is -0.810. The molecular formula is C8H18N4O. The highest BCUT2D eigenvalue weighted by atomic mass is 16.2. The zero-order chi connectivity index (χ0) is 9.84. The van der Waals surface area contributed by atoms with E-state index in [9.17, 15) is 4.79 Å². The van der Waals surface area contributed by atoms with E-state index < -0.39 is 6.03 Å². The first kappa shape index (κ1) is 10.3. The predicted octanol–water partition coefficient (Wildman–Crippen LogP) is -0.891. The van der Waals surface area contributed by atoms with Crippen molar-refractivity contribution >= 4 is 6.03 Å². The first-order valence-electron chi connectivity index (χ1n) is 4.64. The Labute approximate surface area is 78.0 Å². The maximum absolute atomic E-state index is 10.4. The van der Waals surface area contributed by atoms with Gasteiger partial charge in [-0.25, -0.2) is 4.79 Å². The van der Waals surface area contributed by atoms with Crippen molar-refractivity contribution in [3.63, 3.8) is 0 Å². The third kappa shape index (κ3) is 3.20. The molecule has 0 spiro atoms. The normalized spacial score (nSPS) is 34.2. The second-order valence-electron chi connectivity index (χ2n) is 3.75. The van der Waals surface area contributed by atoms with Gasteiger partial charge in [0.05, 0.1) is 0 Å². The molecule has 5 heteroatoms. The number of hydrogen-bond donors (Lipinski definition) is 4. The number of hydrogen-bond acceptors (Lipinski definition) is 3. The van der Waals surface area contributed by atoms with Crippen LogP contribution in [0.1, 0.15) is 19.3 Å². The SMILES string of the molecule is NC(=O)NCC1CCC(N)C(N)C1. The number of urea groups is 1. The van der Waals surface area contributed by atoms with Crippen LogP contribution in [0.25, 0.3) is 0 Å². The molecule has 0 bridgehead atoms. The smallest absolute Gasteiger partial charge is 0.312 e. The Morgan fingerprint density at radius 1 is 1.31 bits per heavy atom. The lowest BCUT2D eigenvalue weighted by atomic mass is 9.83. The van der Waals surface area contributed by atoms with Gasteiger partial charge in [-0.1, -0.05) is 0 Å². The van der Waals surface area contributed by atoms with Crippen molar-refractivity contribution < 1.29 is 4.79 Å². The molecule has 1 fully saturated rings. The zero-order valence-corrected chi connectivity index (χ0v) is 7.70. The van der Waals surface area contributed by atoms with E-state index in [1.807, 2.05) is 0 Å². The summed E-state index contributed by atoms with van der Waals surface area (Å²) >= 11 is 0. The largest absolute Gasteiger partial charge is 0.352 e. The van der Waals surface area contributed by atoms with Gasteiger partial charge in [-0.2, -0.15) is 0 Å². The number of primary amides is 1. The Kier molecular flexibility index (Phi) is 3.50. The van der Waals surface area contributed by atoms with Gasteiger partial charge in [-0.3, -0.25) is 0 Å². The van der Waals surface area contributed by atoms with Crippen LogP contribution in [0.3, 0.4) is 0 Å². The van der Waals surface area contributed by atoms with Gasteiger partial charge in [0.1, 0.15) is 0 Å². The van der Waals surface area contributed by atoms with Crippen LogP contribution in [0.15, 0.2) is 0 Å². The second-order valence-corrected chi connectivity index (χ2v) is 3.75. The molecule has 0 radical (unpaired) electrons. The van der Waals surface area contributed by atoms with Crippen LogP contribution in [0.5, 0.6) is 0 Å². The minimum absolute atomic E-state index is 0.0634. The summed E-state index contributed by atoms with van der Waals surface area (Å²) in [4.78, 5) is 10.4. The minimum Gasteiger partial charge on any atom is -0.352 e. The van der Waals surface area contributed by atoms with Crippen LogP contribution < -0.4 is 22.5 Å². The molecule has 7 N–H and O–H groups in total. The van der Waals surface area contributed by atoms with E-state index in [1.165, 1.54) is 0 Å². The molecule has 1 rings (SSSR count). The molecule has 1 aliphatic rings. The van der Waals surface area contributed by atoms with Gasteiger partial charge in [0.25, 0.3) is 0 Å². The molecular weight excluding hydrogens is 168 g/mol. The number of nitrogens with two attached hydrogens (primary N) is 3. The summed E-state index contributed by atoms with van der Waals surface area (Å²) < 4.78 is 0. The van der Waals surface area contributed by atoms with Crippen molar-refractivity contribution in [3.05, 3.63) is 0 Å². The van der Waals surface area contributed by atoms with Gasteiger partial charge in [-0.15, -0.1) is 0 Å². The average Bonchev–Trinajstić information content (AvgIpc) is 2.07. The topological polar surface area (TPSA) is 107 Å². The van der Waals surface area contributed by atoms with Gasteiger partial charge in [0.2, 0.25) is 0 Å². The van der Waals surface area contributed by atoms with E-state index in [1.54, 1.807) is 0 Å². The minimum atomic E-state index is -0.469. The van der Waals surface area contributed by atoms with Gasteiger partial charge in [0.15, 0.2) is 0 Å². The van der Waals surface area contributed by atoms with Crippen molar-refractivity contribution in [1.82, 2.24) is 5.32 Å². The third-order valence-corrected chi connectivity index (χ3v) is 2.63. The van der Waals surface area contributed by atoms with Crippen LogP contribution in [0.2, 0.25) is 0 Å². The summed E-state index contributed by atoms with van der Waals surface area (Å²) in [6.45, 7) is 0.621. The molecule has 0 saturated heterocycles. The number of amides is 2. The highest BCUT2D eigenvalue weighted by Gasteiger charge is 2.25. The lowest BCUT2D eigenvalue weighted by Crippen LogP contribution is -2.48. The maximum Gasteiger partial charge on any atom is 0.312 e. The van der Waals surface area contributed by atoms with E-state index in [-0.39, 0.29) is 12.1 Å². The lowest BCUT2D eigenvalue weighted by Gasteiger charge is -2.31. The first-order valence-corrected chi connectivity index (χ1v) is 4.64. The number of nitrogens with one attached hydrogen (secondary N) is 1. The zero-order valence-electron chi connectivity index (χ0n) is 7.70. The molecule has 13 heavy (non-hydrogen) atoms. The molecule has 0 aliphatic heterocycles. The van der Waals surface area contributed by atoms with Gasteiger partial charge in [0, 0.05) is 18.6 Å². The molecule has 3 unspecified atom stereocenters. The molecule has 1 saturated carbocycles. The van der Waals surface area contributed by atoms with Gasteiger partial charge in [-0.05, 0) is 25.2 Å². The van der Waals surface area contributed by atoms with E-state index in [0.29, 0.717) is 12.5 Å². The maximum atomic E-state index is 10.4. The number of carbonyl (C=O) groups excluding carboxylic acids is 1. The molecule has 2 amide bonds. The first-order chi connectivity index (χ1) is 6.09. The third-order valence-electron chi connectivity index (χ3n) is 2.63. The Morgan fingerprint density at radius 2 is 2.00 bits per heavy atom. The Bertz CT molecular complexity index is 185. The average molecular weight is 186 g/mol. The molecule has 5 nitrogen and oxygen atoms in total. The van der Waals surface area contributed by atoms with E-state index in [4.69, 9.17) is 17.2 Å². The van der Waals surface area contributed by atoms with Crippen molar-refractivity contribution in [1.29, 1.82) is 0 Å². The van der Waals surface area contributed by atoms with Crippen LogP contribution in [-0.2, 0) is 0 Å². The highest BCUT2D eigenvalue weighted by molar-refractivity contribution is 5.71. The van der Waals surface area contributed by atoms with Crippen molar-refractivity contribution in [2.45, 2.75) is 31.3 Å². The number of rotatable bonds is 2. The standard InChI is InChI=1S/C8H18N4O/c9-6-2-1-5(3-7(6)10)4-12-8(11)13/h5-7H,1-4,9-10H2,(H3,11,12,13). The van der Waals surface area contributed by atoms with E-state index in [0.717, 1.165) is 19.3 Å². The number of carbonyl (C=O) groups is 1. The Morgan fingerprint density at radius 3 is 2.54 bits per heavy atom. The Balaban J connectivity index is 2.25. The summed E-state index contributed by atoms with van der Waals surface area (Å²) in [6, 6.07) is -0.290. The van der Waals surface area contributed by atoms with Gasteiger partial charge >= 0.3 is 6.03 Å². The molecule has 76 valence electrons. The molecule has 1 aliphatic carbocycles. The van der Waals surface area contributed by atoms with Crippen molar-refractivity contribution in [3.8, 4) is 0 Å². The fourth-order valence-corrected chi connectivity index (χ4v) is 1.75. The molecule has 0 aromatic heterocycles. The van der Waals surface area contributed by atoms with Crippen LogP contribution in [0, 0.1) is 5.92 Å². The monoisotopic (exact) mass is 186 g/mol. The lowest BCUT2D eigenvalue weighted by molar-refractivity contribution is 0.240. The van der Waals surface area contributed by atoms with Crippen LogP contribution in [-0.4, -0.2) is 24.7 Å². The summed E-state index contributed by atoms with van der Waals surface area (Å²) in [5.74, 6) is 0.433. The summed E-state index contributed by atoms with van der Waals surface area (Å²) in [7, 11) is 0. The fraction of sp³-hybridized carbons (Fsp3) is 0.875. The van der Waals surface area contributed by atoms with Crippen LogP contribution >= 0.6 is 0 Å². The molecule has 0 aromatic carbocycles. The second kappa shape index (κ2) is 4.43. The van der Waals surface area contributed by atoms with E-state index >= 15 is 0 Å². The van der Waals surface area contributed by atoms with Crippen LogP contribution in [0.4, 0.5) is 4.79 Å². The summed E-state index contributed by atoms with van der Waals surface area (Å²) in [5.41, 5.74) is 16.5. The van der Waals surface area contributed by atoms with Crippen molar-refractivity contribution in [2.75, 3.05) is 6.54 Å². The molecule has 0 heterocycles. The van der Waals surface area contributed by atoms with E-state index in [2.05, 4.69) is 5.32 Å². The predicted molar refractivity (Wildman–Crippen MR) is 50.9 cm³/mol. The quantitative estimate of drug-likeness (QED) is 0.449. The summed E-state index contributed by atoms with van der Waals surface area (Å²) in [6.07, 6.45) is 2.84. The molecule has 3 atom stereocenters. The summed E-state index contributed by atoms with van der Waals surface area (Å²) in [5, 5.41) is 2.59. The molecule has 0 aromatic rings. The highest BCUT2D eigenvalue weighted by Crippen LogP contribution is 2.21.